The van der Waals surface area contributed by atoms with Crippen LogP contribution in [0.3, 0.4) is 0 Å². The van der Waals surface area contributed by atoms with Crippen LogP contribution in [-0.4, -0.2) is 12.6 Å². The van der Waals surface area contributed by atoms with Gasteiger partial charge in [0.05, 0.1) is 6.07 Å². The first-order valence-corrected chi connectivity index (χ1v) is 3.77. The fourth-order valence-electron chi connectivity index (χ4n) is 0.665. The second-order valence-corrected chi connectivity index (χ2v) is 3.03. The summed E-state index contributed by atoms with van der Waals surface area (Å²) < 4.78 is 0. The Labute approximate surface area is 63.2 Å². The van der Waals surface area contributed by atoms with E-state index in [-0.39, 0.29) is 0 Å². The van der Waals surface area contributed by atoms with Crippen molar-refractivity contribution in [1.82, 2.24) is 5.32 Å². The standard InChI is InChI=1S/C8H16N2/c1-7(2)10-6-8(3)4-5-9/h7-8,10H,4,6H2,1-3H3/t8-/m1/s1. The van der Waals surface area contributed by atoms with Gasteiger partial charge >= 0.3 is 0 Å². The van der Waals surface area contributed by atoms with Crippen molar-refractivity contribution in [2.45, 2.75) is 33.2 Å². The smallest absolute Gasteiger partial charge is 0.0625 e. The fourth-order valence-corrected chi connectivity index (χ4v) is 0.665. The van der Waals surface area contributed by atoms with E-state index in [1.807, 2.05) is 0 Å². The molecule has 0 amide bonds. The van der Waals surface area contributed by atoms with Crippen LogP contribution >= 0.6 is 0 Å². The van der Waals surface area contributed by atoms with Crippen molar-refractivity contribution in [2.24, 2.45) is 5.92 Å². The molecule has 0 fully saturated rings. The average molecular weight is 140 g/mol. The predicted molar refractivity (Wildman–Crippen MR) is 42.5 cm³/mol. The van der Waals surface area contributed by atoms with Gasteiger partial charge in [-0.3, -0.25) is 0 Å². The van der Waals surface area contributed by atoms with Crippen molar-refractivity contribution in [3.05, 3.63) is 0 Å². The molecule has 0 unspecified atom stereocenters. The summed E-state index contributed by atoms with van der Waals surface area (Å²) in [5, 5.41) is 11.6. The maximum absolute atomic E-state index is 8.32. The van der Waals surface area contributed by atoms with Crippen LogP contribution in [0.1, 0.15) is 27.2 Å². The zero-order valence-corrected chi connectivity index (χ0v) is 7.02. The van der Waals surface area contributed by atoms with Crippen LogP contribution in [0.5, 0.6) is 0 Å². The minimum Gasteiger partial charge on any atom is -0.314 e. The van der Waals surface area contributed by atoms with Crippen LogP contribution in [0.25, 0.3) is 0 Å². The van der Waals surface area contributed by atoms with E-state index in [2.05, 4.69) is 32.2 Å². The summed E-state index contributed by atoms with van der Waals surface area (Å²) in [5.41, 5.74) is 0. The highest BCUT2D eigenvalue weighted by Gasteiger charge is 2.00. The van der Waals surface area contributed by atoms with Gasteiger partial charge < -0.3 is 5.32 Å². The van der Waals surface area contributed by atoms with E-state index in [1.165, 1.54) is 0 Å². The zero-order chi connectivity index (χ0) is 7.98. The molecule has 1 atom stereocenters. The van der Waals surface area contributed by atoms with E-state index in [1.54, 1.807) is 0 Å². The van der Waals surface area contributed by atoms with Gasteiger partial charge in [-0.15, -0.1) is 0 Å². The SMILES string of the molecule is CC(C)NC[C@H](C)CC#N. The Hall–Kier alpha value is -0.550. The molecule has 0 spiro atoms. The molecule has 0 aromatic carbocycles. The molecule has 0 saturated heterocycles. The van der Waals surface area contributed by atoms with E-state index in [0.717, 1.165) is 6.54 Å². The van der Waals surface area contributed by atoms with Gasteiger partial charge in [0.15, 0.2) is 0 Å². The number of nitrogens with zero attached hydrogens (tertiary/aromatic N) is 1. The molecule has 2 heteroatoms. The summed E-state index contributed by atoms with van der Waals surface area (Å²) >= 11 is 0. The molecule has 0 saturated carbocycles. The molecular formula is C8H16N2. The first-order valence-electron chi connectivity index (χ1n) is 3.77. The molecule has 58 valence electrons. The lowest BCUT2D eigenvalue weighted by Crippen LogP contribution is -2.27. The van der Waals surface area contributed by atoms with Gasteiger partial charge in [0.25, 0.3) is 0 Å². The van der Waals surface area contributed by atoms with E-state index in [9.17, 15) is 0 Å². The highest BCUT2D eigenvalue weighted by atomic mass is 14.9. The van der Waals surface area contributed by atoms with Gasteiger partial charge in [0, 0.05) is 12.5 Å². The summed E-state index contributed by atoms with van der Waals surface area (Å²) in [4.78, 5) is 0. The summed E-state index contributed by atoms with van der Waals surface area (Å²) in [6.45, 7) is 7.25. The first-order chi connectivity index (χ1) is 4.66. The Morgan fingerprint density at radius 1 is 1.40 bits per heavy atom. The number of hydrogen-bond donors (Lipinski definition) is 1. The minimum atomic E-state index is 0.479. The Morgan fingerprint density at radius 2 is 2.00 bits per heavy atom. The van der Waals surface area contributed by atoms with Gasteiger partial charge in [-0.05, 0) is 12.5 Å². The van der Waals surface area contributed by atoms with Crippen molar-refractivity contribution in [1.29, 1.82) is 5.26 Å². The van der Waals surface area contributed by atoms with Gasteiger partial charge in [-0.2, -0.15) is 5.26 Å². The molecule has 1 N–H and O–H groups in total. The molecule has 0 aliphatic carbocycles. The summed E-state index contributed by atoms with van der Waals surface area (Å²) in [5.74, 6) is 0.479. The third kappa shape index (κ3) is 5.58. The predicted octanol–water partition coefficient (Wildman–Crippen LogP) is 1.53. The van der Waals surface area contributed by atoms with Crippen LogP contribution in [0, 0.1) is 17.2 Å². The maximum atomic E-state index is 8.32. The van der Waals surface area contributed by atoms with Gasteiger partial charge in [-0.1, -0.05) is 20.8 Å². The summed E-state index contributed by atoms with van der Waals surface area (Å²) in [7, 11) is 0. The van der Waals surface area contributed by atoms with Gasteiger partial charge in [0.2, 0.25) is 0 Å². The molecule has 0 aromatic heterocycles. The van der Waals surface area contributed by atoms with Crippen LogP contribution in [0.15, 0.2) is 0 Å². The molecule has 0 bridgehead atoms. The summed E-state index contributed by atoms with van der Waals surface area (Å²) in [6, 6.07) is 2.68. The molecule has 2 nitrogen and oxygen atoms in total. The van der Waals surface area contributed by atoms with Crippen LogP contribution < -0.4 is 5.32 Å². The van der Waals surface area contributed by atoms with Crippen molar-refractivity contribution in [3.8, 4) is 6.07 Å². The van der Waals surface area contributed by atoms with Gasteiger partial charge in [0.1, 0.15) is 0 Å². The lowest BCUT2D eigenvalue weighted by atomic mass is 10.1. The number of hydrogen-bond acceptors (Lipinski definition) is 2. The topological polar surface area (TPSA) is 35.8 Å². The third-order valence-electron chi connectivity index (χ3n) is 1.31. The normalized spacial score (nSPS) is 13.1. The second kappa shape index (κ2) is 5.25. The fraction of sp³-hybridized carbons (Fsp3) is 0.875. The molecule has 0 rings (SSSR count). The molecule has 0 aromatic rings. The number of nitriles is 1. The second-order valence-electron chi connectivity index (χ2n) is 3.03. The quantitative estimate of drug-likeness (QED) is 0.643. The molecule has 10 heavy (non-hydrogen) atoms. The van der Waals surface area contributed by atoms with E-state index < -0.39 is 0 Å². The minimum absolute atomic E-state index is 0.479. The van der Waals surface area contributed by atoms with E-state index in [0.29, 0.717) is 18.4 Å². The van der Waals surface area contributed by atoms with E-state index >= 15 is 0 Å². The monoisotopic (exact) mass is 140 g/mol. The van der Waals surface area contributed by atoms with Crippen molar-refractivity contribution >= 4 is 0 Å². The zero-order valence-electron chi connectivity index (χ0n) is 7.02. The van der Waals surface area contributed by atoms with Crippen LogP contribution in [0.4, 0.5) is 0 Å². The lowest BCUT2D eigenvalue weighted by molar-refractivity contribution is 0.484. The average Bonchev–Trinajstić information content (AvgIpc) is 1.85. The molecule has 0 heterocycles. The first kappa shape index (κ1) is 9.45. The van der Waals surface area contributed by atoms with Crippen molar-refractivity contribution < 1.29 is 0 Å². The largest absolute Gasteiger partial charge is 0.314 e. The van der Waals surface area contributed by atoms with Gasteiger partial charge in [-0.25, -0.2) is 0 Å². The number of rotatable bonds is 4. The Kier molecular flexibility index (Phi) is 4.96. The third-order valence-corrected chi connectivity index (χ3v) is 1.31. The molecular weight excluding hydrogens is 124 g/mol. The number of nitrogens with one attached hydrogen (secondary N) is 1. The Bertz CT molecular complexity index is 113. The van der Waals surface area contributed by atoms with Crippen LogP contribution in [0.2, 0.25) is 0 Å². The molecule has 0 aliphatic rings. The summed E-state index contributed by atoms with van der Waals surface area (Å²) in [6.07, 6.45) is 0.653. The highest BCUT2D eigenvalue weighted by molar-refractivity contribution is 4.74. The van der Waals surface area contributed by atoms with Crippen molar-refractivity contribution in [2.75, 3.05) is 6.54 Å². The highest BCUT2D eigenvalue weighted by Crippen LogP contribution is 1.97. The Balaban J connectivity index is 3.23. The Morgan fingerprint density at radius 3 is 2.40 bits per heavy atom. The van der Waals surface area contributed by atoms with E-state index in [4.69, 9.17) is 5.26 Å². The lowest BCUT2D eigenvalue weighted by Gasteiger charge is -2.11. The maximum Gasteiger partial charge on any atom is 0.0625 e. The van der Waals surface area contributed by atoms with Crippen LogP contribution in [-0.2, 0) is 0 Å². The van der Waals surface area contributed by atoms with Crippen molar-refractivity contribution in [3.63, 3.8) is 0 Å². The molecule has 0 aliphatic heterocycles. The molecule has 0 radical (unpaired) electrons.